The van der Waals surface area contributed by atoms with Crippen LogP contribution in [0.4, 0.5) is 0 Å². The van der Waals surface area contributed by atoms with Crippen molar-refractivity contribution in [3.05, 3.63) is 29.2 Å². The van der Waals surface area contributed by atoms with E-state index in [2.05, 4.69) is 16.5 Å². The Balaban J connectivity index is 3.20. The maximum absolute atomic E-state index is 5.91. The van der Waals surface area contributed by atoms with Crippen molar-refractivity contribution in [2.75, 3.05) is 7.11 Å². The standard InChI is InChI=1S/C9H11ClN2O/c1-4-5-7-8(10)11-6(2)12-9(7)13-3/h4H,1,5H2,2-3H3. The van der Waals surface area contributed by atoms with Crippen LogP contribution in [0.15, 0.2) is 12.7 Å². The molecular formula is C9H11ClN2O. The smallest absolute Gasteiger partial charge is 0.221 e. The predicted molar refractivity (Wildman–Crippen MR) is 52.2 cm³/mol. The number of hydrogen-bond donors (Lipinski definition) is 0. The fourth-order valence-electron chi connectivity index (χ4n) is 1.02. The van der Waals surface area contributed by atoms with E-state index in [0.717, 1.165) is 5.56 Å². The van der Waals surface area contributed by atoms with Gasteiger partial charge in [-0.25, -0.2) is 4.98 Å². The minimum absolute atomic E-state index is 0.434. The minimum atomic E-state index is 0.434. The Labute approximate surface area is 82.4 Å². The molecule has 0 spiro atoms. The fourth-order valence-corrected chi connectivity index (χ4v) is 1.30. The highest BCUT2D eigenvalue weighted by Crippen LogP contribution is 2.23. The van der Waals surface area contributed by atoms with Crippen molar-refractivity contribution in [1.82, 2.24) is 9.97 Å². The van der Waals surface area contributed by atoms with Crippen molar-refractivity contribution in [3.8, 4) is 5.88 Å². The Morgan fingerprint density at radius 2 is 2.23 bits per heavy atom. The number of rotatable bonds is 3. The highest BCUT2D eigenvalue weighted by atomic mass is 35.5. The number of aryl methyl sites for hydroxylation is 1. The first-order valence-electron chi connectivity index (χ1n) is 3.87. The number of nitrogens with zero attached hydrogens (tertiary/aromatic N) is 2. The number of aromatic nitrogens is 2. The Morgan fingerprint density at radius 3 is 2.77 bits per heavy atom. The van der Waals surface area contributed by atoms with Gasteiger partial charge in [0, 0.05) is 0 Å². The quantitative estimate of drug-likeness (QED) is 0.552. The highest BCUT2D eigenvalue weighted by molar-refractivity contribution is 6.30. The second-order valence-corrected chi connectivity index (χ2v) is 2.90. The van der Waals surface area contributed by atoms with Gasteiger partial charge in [0.2, 0.25) is 5.88 Å². The Kier molecular flexibility index (Phi) is 3.25. The molecule has 1 aromatic rings. The second-order valence-electron chi connectivity index (χ2n) is 2.54. The zero-order chi connectivity index (χ0) is 9.84. The van der Waals surface area contributed by atoms with Crippen LogP contribution in [0.3, 0.4) is 0 Å². The van der Waals surface area contributed by atoms with Gasteiger partial charge >= 0.3 is 0 Å². The third kappa shape index (κ3) is 2.18. The molecule has 0 N–H and O–H groups in total. The molecule has 0 atom stereocenters. The van der Waals surface area contributed by atoms with Gasteiger partial charge in [0.15, 0.2) is 0 Å². The van der Waals surface area contributed by atoms with E-state index < -0.39 is 0 Å². The highest BCUT2D eigenvalue weighted by Gasteiger charge is 2.09. The van der Waals surface area contributed by atoms with E-state index in [1.165, 1.54) is 0 Å². The van der Waals surface area contributed by atoms with E-state index in [1.54, 1.807) is 20.1 Å². The third-order valence-corrected chi connectivity index (χ3v) is 1.88. The molecule has 0 saturated heterocycles. The van der Waals surface area contributed by atoms with Gasteiger partial charge in [-0.15, -0.1) is 6.58 Å². The summed E-state index contributed by atoms with van der Waals surface area (Å²) in [7, 11) is 1.56. The summed E-state index contributed by atoms with van der Waals surface area (Å²) in [4.78, 5) is 8.13. The van der Waals surface area contributed by atoms with Gasteiger partial charge in [0.25, 0.3) is 0 Å². The van der Waals surface area contributed by atoms with E-state index in [1.807, 2.05) is 0 Å². The predicted octanol–water partition coefficient (Wildman–Crippen LogP) is 2.18. The largest absolute Gasteiger partial charge is 0.481 e. The van der Waals surface area contributed by atoms with Gasteiger partial charge in [-0.05, 0) is 13.3 Å². The molecule has 70 valence electrons. The van der Waals surface area contributed by atoms with E-state index in [9.17, 15) is 0 Å². The van der Waals surface area contributed by atoms with Crippen LogP contribution in [0.5, 0.6) is 5.88 Å². The molecule has 3 nitrogen and oxygen atoms in total. The summed E-state index contributed by atoms with van der Waals surface area (Å²) in [6.45, 7) is 5.40. The molecule has 0 unspecified atom stereocenters. The summed E-state index contributed by atoms with van der Waals surface area (Å²) < 4.78 is 5.08. The van der Waals surface area contributed by atoms with Crippen LogP contribution < -0.4 is 4.74 Å². The summed E-state index contributed by atoms with van der Waals surface area (Å²) in [6, 6.07) is 0. The Bertz CT molecular complexity index is 326. The van der Waals surface area contributed by atoms with Crippen molar-refractivity contribution < 1.29 is 4.74 Å². The molecule has 1 aromatic heterocycles. The molecule has 0 radical (unpaired) electrons. The van der Waals surface area contributed by atoms with E-state index in [-0.39, 0.29) is 0 Å². The summed E-state index contributed by atoms with van der Waals surface area (Å²) >= 11 is 5.91. The summed E-state index contributed by atoms with van der Waals surface area (Å²) in [5.41, 5.74) is 0.782. The molecule has 4 heteroatoms. The van der Waals surface area contributed by atoms with Crippen LogP contribution in [0.1, 0.15) is 11.4 Å². The lowest BCUT2D eigenvalue weighted by atomic mass is 10.2. The summed E-state index contributed by atoms with van der Waals surface area (Å²) in [5.74, 6) is 1.13. The van der Waals surface area contributed by atoms with Gasteiger partial charge in [-0.3, -0.25) is 0 Å². The molecule has 0 aliphatic carbocycles. The molecular weight excluding hydrogens is 188 g/mol. The Morgan fingerprint density at radius 1 is 1.54 bits per heavy atom. The second kappa shape index (κ2) is 4.23. The number of halogens is 1. The summed E-state index contributed by atoms with van der Waals surface area (Å²) in [5, 5.41) is 0.434. The van der Waals surface area contributed by atoms with Gasteiger partial charge < -0.3 is 4.74 Å². The van der Waals surface area contributed by atoms with E-state index >= 15 is 0 Å². The lowest BCUT2D eigenvalue weighted by Gasteiger charge is -2.07. The molecule has 0 amide bonds. The van der Waals surface area contributed by atoms with Crippen LogP contribution in [0.25, 0.3) is 0 Å². The number of methoxy groups -OCH3 is 1. The number of allylic oxidation sites excluding steroid dienone is 1. The van der Waals surface area contributed by atoms with Crippen LogP contribution in [0.2, 0.25) is 5.15 Å². The van der Waals surface area contributed by atoms with Gasteiger partial charge in [-0.1, -0.05) is 17.7 Å². The SMILES string of the molecule is C=CCc1c(Cl)nc(C)nc1OC. The van der Waals surface area contributed by atoms with Crippen LogP contribution in [0, 0.1) is 6.92 Å². The first-order valence-corrected chi connectivity index (χ1v) is 4.24. The van der Waals surface area contributed by atoms with E-state index in [4.69, 9.17) is 16.3 Å². The van der Waals surface area contributed by atoms with Crippen molar-refractivity contribution in [2.24, 2.45) is 0 Å². The average Bonchev–Trinajstić information content (AvgIpc) is 2.09. The van der Waals surface area contributed by atoms with Gasteiger partial charge in [0.1, 0.15) is 11.0 Å². The van der Waals surface area contributed by atoms with Crippen molar-refractivity contribution in [1.29, 1.82) is 0 Å². The fraction of sp³-hybridized carbons (Fsp3) is 0.333. The topological polar surface area (TPSA) is 35.0 Å². The van der Waals surface area contributed by atoms with Crippen molar-refractivity contribution in [2.45, 2.75) is 13.3 Å². The number of hydrogen-bond acceptors (Lipinski definition) is 3. The lowest BCUT2D eigenvalue weighted by Crippen LogP contribution is -2.00. The molecule has 0 aliphatic heterocycles. The summed E-state index contributed by atoms with van der Waals surface area (Å²) in [6.07, 6.45) is 2.35. The maximum Gasteiger partial charge on any atom is 0.221 e. The van der Waals surface area contributed by atoms with Crippen LogP contribution >= 0.6 is 11.6 Å². The number of ether oxygens (including phenoxy) is 1. The monoisotopic (exact) mass is 198 g/mol. The van der Waals surface area contributed by atoms with Gasteiger partial charge in [-0.2, -0.15) is 4.98 Å². The zero-order valence-electron chi connectivity index (χ0n) is 7.67. The van der Waals surface area contributed by atoms with Crippen LogP contribution in [-0.4, -0.2) is 17.1 Å². The molecule has 1 heterocycles. The van der Waals surface area contributed by atoms with Crippen molar-refractivity contribution >= 4 is 11.6 Å². The zero-order valence-corrected chi connectivity index (χ0v) is 8.43. The molecule has 1 rings (SSSR count). The molecule has 0 aliphatic rings. The van der Waals surface area contributed by atoms with Crippen molar-refractivity contribution in [3.63, 3.8) is 0 Å². The van der Waals surface area contributed by atoms with E-state index in [0.29, 0.717) is 23.3 Å². The normalized spacial score (nSPS) is 9.77. The maximum atomic E-state index is 5.91. The Hall–Kier alpha value is -1.09. The minimum Gasteiger partial charge on any atom is -0.481 e. The molecule has 0 aromatic carbocycles. The molecule has 0 saturated carbocycles. The van der Waals surface area contributed by atoms with Gasteiger partial charge in [0.05, 0.1) is 12.7 Å². The molecule has 0 fully saturated rings. The average molecular weight is 199 g/mol. The third-order valence-electron chi connectivity index (χ3n) is 1.57. The first-order chi connectivity index (χ1) is 6.19. The molecule has 0 bridgehead atoms. The van der Waals surface area contributed by atoms with Crippen LogP contribution in [-0.2, 0) is 6.42 Å². The first kappa shape index (κ1) is 9.99. The molecule has 13 heavy (non-hydrogen) atoms. The lowest BCUT2D eigenvalue weighted by molar-refractivity contribution is 0.391.